The quantitative estimate of drug-likeness (QED) is 0.390. The van der Waals surface area contributed by atoms with Crippen LogP contribution in [0.2, 0.25) is 0 Å². The van der Waals surface area contributed by atoms with Crippen molar-refractivity contribution >= 4 is 17.4 Å². The second-order valence-corrected chi connectivity index (χ2v) is 4.33. The lowest BCUT2D eigenvalue weighted by Gasteiger charge is -2.11. The third-order valence-corrected chi connectivity index (χ3v) is 2.61. The van der Waals surface area contributed by atoms with Gasteiger partial charge in [-0.15, -0.1) is 0 Å². The van der Waals surface area contributed by atoms with Crippen LogP contribution in [-0.2, 0) is 0 Å². The predicted molar refractivity (Wildman–Crippen MR) is 53.2 cm³/mol. The minimum absolute atomic E-state index is 0.493. The number of anilines is 1. The number of hydrogen-bond donors (Lipinski definition) is 1. The van der Waals surface area contributed by atoms with Crippen molar-refractivity contribution in [1.29, 1.82) is 0 Å². The summed E-state index contributed by atoms with van der Waals surface area (Å²) in [6, 6.07) is 0. The van der Waals surface area contributed by atoms with E-state index in [2.05, 4.69) is 0 Å². The molecule has 1 rings (SSSR count). The summed E-state index contributed by atoms with van der Waals surface area (Å²) in [6.45, 7) is -0.622. The van der Waals surface area contributed by atoms with E-state index in [1.54, 1.807) is 5.32 Å². The van der Waals surface area contributed by atoms with Crippen LogP contribution in [0.4, 0.5) is 40.8 Å². The number of rotatable bonds is 4. The molecule has 0 heterocycles. The van der Waals surface area contributed by atoms with Gasteiger partial charge in [-0.25, -0.2) is 22.0 Å². The Labute approximate surface area is 106 Å². The molecule has 0 atom stereocenters. The first-order chi connectivity index (χ1) is 8.65. The molecule has 0 bridgehead atoms. The maximum Gasteiger partial charge on any atom is 0.441 e. The normalized spacial score (nSPS) is 11.8. The van der Waals surface area contributed by atoms with Crippen LogP contribution < -0.4 is 5.32 Å². The molecule has 0 aliphatic heterocycles. The Morgan fingerprint density at radius 3 is 1.63 bits per heavy atom. The molecule has 108 valence electrons. The first-order valence-corrected chi connectivity index (χ1v) is 5.59. The van der Waals surface area contributed by atoms with Crippen molar-refractivity contribution in [3.63, 3.8) is 0 Å². The van der Waals surface area contributed by atoms with E-state index in [1.807, 2.05) is 0 Å². The fourth-order valence-electron chi connectivity index (χ4n) is 1.10. The molecule has 0 unspecified atom stereocenters. The Morgan fingerprint density at radius 1 is 0.789 bits per heavy atom. The van der Waals surface area contributed by atoms with E-state index in [-0.39, 0.29) is 0 Å². The molecule has 0 aromatic heterocycles. The SMILES string of the molecule is Fc1c(F)c(F)c(NCCSC(F)(F)F)c(F)c1F. The van der Waals surface area contributed by atoms with Crippen LogP contribution in [0, 0.1) is 29.1 Å². The van der Waals surface area contributed by atoms with Gasteiger partial charge in [0.1, 0.15) is 5.69 Å². The summed E-state index contributed by atoms with van der Waals surface area (Å²) in [7, 11) is 0. The average molecular weight is 311 g/mol. The number of halogens is 8. The molecule has 0 radical (unpaired) electrons. The molecule has 1 nitrogen and oxygen atoms in total. The van der Waals surface area contributed by atoms with Crippen molar-refractivity contribution in [2.24, 2.45) is 0 Å². The highest BCUT2D eigenvalue weighted by Gasteiger charge is 2.28. The van der Waals surface area contributed by atoms with E-state index >= 15 is 0 Å². The van der Waals surface area contributed by atoms with Gasteiger partial charge in [0.25, 0.3) is 0 Å². The van der Waals surface area contributed by atoms with Crippen molar-refractivity contribution in [3.05, 3.63) is 29.1 Å². The number of alkyl halides is 3. The summed E-state index contributed by atoms with van der Waals surface area (Å²) in [5.74, 6) is -11.5. The van der Waals surface area contributed by atoms with E-state index in [4.69, 9.17) is 0 Å². The first-order valence-electron chi connectivity index (χ1n) is 4.61. The number of nitrogens with one attached hydrogen (secondary N) is 1. The van der Waals surface area contributed by atoms with Crippen LogP contribution in [0.3, 0.4) is 0 Å². The highest BCUT2D eigenvalue weighted by Crippen LogP contribution is 2.30. The molecule has 0 spiro atoms. The van der Waals surface area contributed by atoms with Gasteiger partial charge in [0.2, 0.25) is 5.82 Å². The zero-order valence-electron chi connectivity index (χ0n) is 8.85. The smallest absolute Gasteiger partial charge is 0.379 e. The lowest BCUT2D eigenvalue weighted by Crippen LogP contribution is -2.14. The molecular weight excluding hydrogens is 306 g/mol. The molecule has 19 heavy (non-hydrogen) atoms. The maximum absolute atomic E-state index is 13.1. The van der Waals surface area contributed by atoms with E-state index in [0.717, 1.165) is 0 Å². The maximum atomic E-state index is 13.1. The summed E-state index contributed by atoms with van der Waals surface area (Å²) in [5.41, 5.74) is -5.89. The fourth-order valence-corrected chi connectivity index (χ4v) is 1.54. The standard InChI is InChI=1S/C9H5F8NS/c10-3-4(11)6(13)8(7(14)5(3)12)18-1-2-19-9(15,16)17/h18H,1-2H2. The lowest BCUT2D eigenvalue weighted by atomic mass is 10.2. The summed E-state index contributed by atoms with van der Waals surface area (Å²) in [6.07, 6.45) is 0. The molecule has 1 aromatic carbocycles. The molecule has 0 aliphatic rings. The summed E-state index contributed by atoms with van der Waals surface area (Å²) in [4.78, 5) is 0. The summed E-state index contributed by atoms with van der Waals surface area (Å²) in [5, 5.41) is 1.75. The van der Waals surface area contributed by atoms with Crippen LogP contribution in [0.1, 0.15) is 0 Å². The van der Waals surface area contributed by atoms with Crippen LogP contribution >= 0.6 is 11.8 Å². The molecule has 1 N–H and O–H groups in total. The van der Waals surface area contributed by atoms with Crippen molar-refractivity contribution in [1.82, 2.24) is 0 Å². The highest BCUT2D eigenvalue weighted by molar-refractivity contribution is 8.00. The van der Waals surface area contributed by atoms with E-state index < -0.39 is 64.3 Å². The topological polar surface area (TPSA) is 12.0 Å². The van der Waals surface area contributed by atoms with Crippen LogP contribution in [0.25, 0.3) is 0 Å². The third-order valence-electron chi connectivity index (χ3n) is 1.88. The molecule has 0 aliphatic carbocycles. The van der Waals surface area contributed by atoms with Crippen molar-refractivity contribution in [3.8, 4) is 0 Å². The molecule has 0 saturated heterocycles. The van der Waals surface area contributed by atoms with E-state index in [1.165, 1.54) is 0 Å². The fraction of sp³-hybridized carbons (Fsp3) is 0.333. The van der Waals surface area contributed by atoms with Gasteiger partial charge >= 0.3 is 5.51 Å². The van der Waals surface area contributed by atoms with E-state index in [0.29, 0.717) is 0 Å². The molecule has 10 heteroatoms. The van der Waals surface area contributed by atoms with Gasteiger partial charge in [0.05, 0.1) is 0 Å². The van der Waals surface area contributed by atoms with E-state index in [9.17, 15) is 35.1 Å². The second-order valence-electron chi connectivity index (χ2n) is 3.17. The monoisotopic (exact) mass is 311 g/mol. The molecule has 1 aromatic rings. The van der Waals surface area contributed by atoms with Crippen LogP contribution in [0.5, 0.6) is 0 Å². The Hall–Kier alpha value is -1.19. The number of hydrogen-bond acceptors (Lipinski definition) is 2. The zero-order chi connectivity index (χ0) is 14.8. The number of thioether (sulfide) groups is 1. The Bertz CT molecular complexity index is 443. The average Bonchev–Trinajstić information content (AvgIpc) is 2.32. The van der Waals surface area contributed by atoms with Gasteiger partial charge < -0.3 is 5.32 Å². The zero-order valence-corrected chi connectivity index (χ0v) is 9.66. The van der Waals surface area contributed by atoms with Gasteiger partial charge in [0, 0.05) is 12.3 Å². The van der Waals surface area contributed by atoms with Gasteiger partial charge in [-0.3, -0.25) is 0 Å². The van der Waals surface area contributed by atoms with Gasteiger partial charge in [-0.05, 0) is 11.8 Å². The minimum atomic E-state index is -4.54. The minimum Gasteiger partial charge on any atom is -0.379 e. The first kappa shape index (κ1) is 15.9. The largest absolute Gasteiger partial charge is 0.441 e. The Morgan fingerprint density at radius 2 is 1.21 bits per heavy atom. The summed E-state index contributed by atoms with van der Waals surface area (Å²) >= 11 is -0.493. The molecule has 0 saturated carbocycles. The second kappa shape index (κ2) is 5.85. The summed E-state index contributed by atoms with van der Waals surface area (Å²) < 4.78 is 99.4. The Balaban J connectivity index is 2.80. The van der Waals surface area contributed by atoms with Crippen molar-refractivity contribution in [2.45, 2.75) is 5.51 Å². The van der Waals surface area contributed by atoms with Gasteiger partial charge in [0.15, 0.2) is 23.3 Å². The third kappa shape index (κ3) is 3.88. The predicted octanol–water partition coefficient (Wildman–Crippen LogP) is 4.05. The van der Waals surface area contributed by atoms with Crippen molar-refractivity contribution in [2.75, 3.05) is 17.6 Å². The van der Waals surface area contributed by atoms with Crippen LogP contribution in [0.15, 0.2) is 0 Å². The Kier molecular flexibility index (Phi) is 4.88. The van der Waals surface area contributed by atoms with Gasteiger partial charge in [-0.2, -0.15) is 13.2 Å². The highest BCUT2D eigenvalue weighted by atomic mass is 32.2. The molecule has 0 fully saturated rings. The number of benzene rings is 1. The van der Waals surface area contributed by atoms with Crippen LogP contribution in [-0.4, -0.2) is 17.8 Å². The van der Waals surface area contributed by atoms with Gasteiger partial charge in [-0.1, -0.05) is 0 Å². The lowest BCUT2D eigenvalue weighted by molar-refractivity contribution is -0.0327. The molecular formula is C9H5F8NS. The molecule has 0 amide bonds. The van der Waals surface area contributed by atoms with Crippen molar-refractivity contribution < 1.29 is 35.1 Å².